The van der Waals surface area contributed by atoms with Crippen molar-refractivity contribution in [1.29, 1.82) is 0 Å². The number of halogens is 1. The molecule has 29 heavy (non-hydrogen) atoms. The first-order valence-corrected chi connectivity index (χ1v) is 9.70. The molecule has 1 fully saturated rings. The molecule has 0 spiro atoms. The Morgan fingerprint density at radius 1 is 1.10 bits per heavy atom. The fourth-order valence-electron chi connectivity index (χ4n) is 3.89. The number of likely N-dealkylation sites (tertiary alicyclic amines) is 1. The molecule has 150 valence electrons. The second-order valence-electron chi connectivity index (χ2n) is 7.35. The lowest BCUT2D eigenvalue weighted by Gasteiger charge is -2.36. The number of aromatic nitrogens is 4. The maximum Gasteiger partial charge on any atom is 0.220 e. The number of piperidine rings is 1. The maximum atomic E-state index is 13.5. The molecule has 7 nitrogen and oxygen atoms in total. The fourth-order valence-corrected chi connectivity index (χ4v) is 3.89. The van der Waals surface area contributed by atoms with Gasteiger partial charge < -0.3 is 5.73 Å². The Hall–Kier alpha value is -3.13. The van der Waals surface area contributed by atoms with E-state index in [4.69, 9.17) is 5.73 Å². The number of nitrogens with zero attached hydrogens (tertiary/aromatic N) is 5. The van der Waals surface area contributed by atoms with Crippen molar-refractivity contribution in [2.24, 2.45) is 11.7 Å². The van der Waals surface area contributed by atoms with Gasteiger partial charge in [-0.1, -0.05) is 42.5 Å². The van der Waals surface area contributed by atoms with Gasteiger partial charge in [0.25, 0.3) is 0 Å². The van der Waals surface area contributed by atoms with E-state index in [1.165, 1.54) is 12.1 Å². The normalized spacial score (nSPS) is 16.6. The molecule has 1 atom stereocenters. The predicted octanol–water partition coefficient (Wildman–Crippen LogP) is 2.15. The van der Waals surface area contributed by atoms with E-state index in [0.29, 0.717) is 38.3 Å². The standard InChI is InChI=1S/C21H23FN6O/c22-18-8-6-16(7-9-18)19(27-12-10-17(11-13-27)20(23)29)21-24-25-26-28(21)14-15-4-2-1-3-5-15/h1-9,17,19H,10-14H2,(H2,23,29). The third-order valence-corrected chi connectivity index (χ3v) is 5.46. The van der Waals surface area contributed by atoms with Crippen molar-refractivity contribution >= 4 is 5.91 Å². The minimum Gasteiger partial charge on any atom is -0.369 e. The smallest absolute Gasteiger partial charge is 0.220 e. The fraction of sp³-hybridized carbons (Fsp3) is 0.333. The summed E-state index contributed by atoms with van der Waals surface area (Å²) in [6.07, 6.45) is 1.38. The highest BCUT2D eigenvalue weighted by molar-refractivity contribution is 5.76. The van der Waals surface area contributed by atoms with Gasteiger partial charge >= 0.3 is 0 Å². The average Bonchev–Trinajstić information content (AvgIpc) is 3.18. The number of amides is 1. The molecule has 2 heterocycles. The van der Waals surface area contributed by atoms with Gasteiger partial charge in [-0.25, -0.2) is 9.07 Å². The summed E-state index contributed by atoms with van der Waals surface area (Å²) < 4.78 is 15.3. The van der Waals surface area contributed by atoms with Gasteiger partial charge in [0.05, 0.1) is 12.6 Å². The Kier molecular flexibility index (Phi) is 5.62. The van der Waals surface area contributed by atoms with E-state index in [1.807, 2.05) is 30.3 Å². The SMILES string of the molecule is NC(=O)C1CCN(C(c2ccc(F)cc2)c2nnnn2Cc2ccccc2)CC1. The molecular weight excluding hydrogens is 371 g/mol. The molecule has 0 saturated carbocycles. The molecule has 3 aromatic rings. The zero-order valence-corrected chi connectivity index (χ0v) is 16.0. The number of rotatable bonds is 6. The number of hydrogen-bond acceptors (Lipinski definition) is 5. The van der Waals surface area contributed by atoms with E-state index in [-0.39, 0.29) is 23.7 Å². The van der Waals surface area contributed by atoms with Crippen molar-refractivity contribution in [3.05, 3.63) is 77.4 Å². The van der Waals surface area contributed by atoms with Crippen LogP contribution in [0.3, 0.4) is 0 Å². The van der Waals surface area contributed by atoms with Gasteiger partial charge in [0.2, 0.25) is 5.91 Å². The number of tetrazole rings is 1. The minimum atomic E-state index is -0.288. The molecule has 1 amide bonds. The van der Waals surface area contributed by atoms with Crippen LogP contribution in [0.4, 0.5) is 4.39 Å². The van der Waals surface area contributed by atoms with E-state index in [9.17, 15) is 9.18 Å². The molecule has 1 aliphatic heterocycles. The summed E-state index contributed by atoms with van der Waals surface area (Å²) in [5.74, 6) is 0.0409. The Morgan fingerprint density at radius 3 is 2.45 bits per heavy atom. The highest BCUT2D eigenvalue weighted by Gasteiger charge is 2.32. The van der Waals surface area contributed by atoms with Crippen LogP contribution in [-0.2, 0) is 11.3 Å². The first kappa shape index (κ1) is 19.2. The summed E-state index contributed by atoms with van der Waals surface area (Å²) in [4.78, 5) is 13.8. The summed E-state index contributed by atoms with van der Waals surface area (Å²) in [5, 5.41) is 12.4. The Bertz CT molecular complexity index is 951. The third-order valence-electron chi connectivity index (χ3n) is 5.46. The van der Waals surface area contributed by atoms with Crippen molar-refractivity contribution < 1.29 is 9.18 Å². The lowest BCUT2D eigenvalue weighted by Crippen LogP contribution is -2.41. The predicted molar refractivity (Wildman–Crippen MR) is 105 cm³/mol. The number of carbonyl (C=O) groups is 1. The highest BCUT2D eigenvalue weighted by atomic mass is 19.1. The second-order valence-corrected chi connectivity index (χ2v) is 7.35. The number of primary amides is 1. The first-order chi connectivity index (χ1) is 14.1. The molecule has 1 saturated heterocycles. The largest absolute Gasteiger partial charge is 0.369 e. The van der Waals surface area contributed by atoms with Crippen molar-refractivity contribution in [3.63, 3.8) is 0 Å². The third kappa shape index (κ3) is 4.32. The molecule has 8 heteroatoms. The zero-order valence-electron chi connectivity index (χ0n) is 16.0. The molecule has 1 unspecified atom stereocenters. The van der Waals surface area contributed by atoms with Crippen LogP contribution in [-0.4, -0.2) is 44.1 Å². The summed E-state index contributed by atoms with van der Waals surface area (Å²) in [6, 6.07) is 16.2. The van der Waals surface area contributed by atoms with Crippen molar-refractivity contribution in [2.75, 3.05) is 13.1 Å². The van der Waals surface area contributed by atoms with Crippen LogP contribution >= 0.6 is 0 Å². The quantitative estimate of drug-likeness (QED) is 0.692. The van der Waals surface area contributed by atoms with Gasteiger partial charge in [-0.15, -0.1) is 5.10 Å². The van der Waals surface area contributed by atoms with E-state index < -0.39 is 0 Å². The highest BCUT2D eigenvalue weighted by Crippen LogP contribution is 2.31. The van der Waals surface area contributed by atoms with Crippen LogP contribution < -0.4 is 5.73 Å². The van der Waals surface area contributed by atoms with Crippen molar-refractivity contribution in [2.45, 2.75) is 25.4 Å². The average molecular weight is 394 g/mol. The molecule has 1 aliphatic rings. The number of carbonyl (C=O) groups excluding carboxylic acids is 1. The van der Waals surface area contributed by atoms with E-state index in [2.05, 4.69) is 20.4 Å². The second kappa shape index (κ2) is 8.48. The molecular formula is C21H23FN6O. The topological polar surface area (TPSA) is 89.9 Å². The van der Waals surface area contributed by atoms with Crippen LogP contribution in [0.1, 0.15) is 35.8 Å². The molecule has 1 aromatic heterocycles. The summed E-state index contributed by atoms with van der Waals surface area (Å²) in [5.41, 5.74) is 7.48. The van der Waals surface area contributed by atoms with Crippen LogP contribution in [0, 0.1) is 11.7 Å². The van der Waals surface area contributed by atoms with Crippen LogP contribution in [0.15, 0.2) is 54.6 Å². The molecule has 2 N–H and O–H groups in total. The molecule has 0 radical (unpaired) electrons. The lowest BCUT2D eigenvalue weighted by molar-refractivity contribution is -0.123. The van der Waals surface area contributed by atoms with Gasteiger partial charge in [-0.2, -0.15) is 0 Å². The van der Waals surface area contributed by atoms with Gasteiger partial charge in [0, 0.05) is 5.92 Å². The lowest BCUT2D eigenvalue weighted by atomic mass is 9.93. The van der Waals surface area contributed by atoms with Crippen LogP contribution in [0.25, 0.3) is 0 Å². The Balaban J connectivity index is 1.66. The van der Waals surface area contributed by atoms with Gasteiger partial charge in [0.1, 0.15) is 5.82 Å². The molecule has 2 aromatic carbocycles. The number of hydrogen-bond donors (Lipinski definition) is 1. The summed E-state index contributed by atoms with van der Waals surface area (Å²) >= 11 is 0. The van der Waals surface area contributed by atoms with Crippen LogP contribution in [0.2, 0.25) is 0 Å². The molecule has 0 aliphatic carbocycles. The first-order valence-electron chi connectivity index (χ1n) is 9.70. The molecule has 4 rings (SSSR count). The maximum absolute atomic E-state index is 13.5. The van der Waals surface area contributed by atoms with Gasteiger partial charge in [-0.3, -0.25) is 9.69 Å². The Labute approximate surface area is 168 Å². The number of benzene rings is 2. The van der Waals surface area contributed by atoms with Crippen molar-refractivity contribution in [1.82, 2.24) is 25.1 Å². The zero-order chi connectivity index (χ0) is 20.2. The summed E-state index contributed by atoms with van der Waals surface area (Å²) in [6.45, 7) is 1.92. The van der Waals surface area contributed by atoms with Gasteiger partial charge in [0.15, 0.2) is 5.82 Å². The van der Waals surface area contributed by atoms with Gasteiger partial charge in [-0.05, 0) is 59.6 Å². The number of nitrogens with two attached hydrogens (primary N) is 1. The minimum absolute atomic E-state index is 0.111. The van der Waals surface area contributed by atoms with E-state index in [1.54, 1.807) is 16.8 Å². The van der Waals surface area contributed by atoms with E-state index >= 15 is 0 Å². The van der Waals surface area contributed by atoms with Crippen LogP contribution in [0.5, 0.6) is 0 Å². The monoisotopic (exact) mass is 394 g/mol. The van der Waals surface area contributed by atoms with Crippen molar-refractivity contribution in [3.8, 4) is 0 Å². The Morgan fingerprint density at radius 2 is 1.79 bits per heavy atom. The summed E-state index contributed by atoms with van der Waals surface area (Å²) in [7, 11) is 0. The van der Waals surface area contributed by atoms with E-state index in [0.717, 1.165) is 11.1 Å². The molecule has 0 bridgehead atoms.